The SMILES string of the molecule is COc1ccc(N=Nc2cc(OCCO)c(N=Nc3c(SOOO)cc4cc(-n5nc(C(N)=O)c(N=Nc6ccc(S(=O)(=O)O)cc6C(=O)O)c5O)ccc4c3O)cc2OCCO)c(S(=O)(=O)O)c1. The number of aromatic nitrogens is 2. The molecule has 69 heavy (non-hydrogen) atoms. The van der Waals surface area contributed by atoms with Gasteiger partial charge in [0.25, 0.3) is 26.1 Å². The zero-order valence-corrected chi connectivity index (χ0v) is 37.2. The number of hydrogen-bond acceptors (Lipinski definition) is 24. The molecule has 0 saturated carbocycles. The number of phenols is 1. The molecule has 0 spiro atoms. The lowest BCUT2D eigenvalue weighted by Gasteiger charge is -2.13. The number of primary amides is 1. The van der Waals surface area contributed by atoms with Gasteiger partial charge in [0, 0.05) is 23.6 Å². The number of nitrogens with zero attached hydrogens (tertiary/aromatic N) is 8. The zero-order valence-electron chi connectivity index (χ0n) is 34.7. The van der Waals surface area contributed by atoms with Crippen LogP contribution in [0.1, 0.15) is 20.8 Å². The molecule has 5 aromatic carbocycles. The molecule has 1 amide bonds. The van der Waals surface area contributed by atoms with Crippen LogP contribution in [0.5, 0.6) is 28.9 Å². The van der Waals surface area contributed by atoms with Crippen molar-refractivity contribution in [2.24, 2.45) is 36.4 Å². The van der Waals surface area contributed by atoms with E-state index in [2.05, 4.69) is 45.2 Å². The molecule has 6 aromatic rings. The number of aromatic hydroxyl groups is 2. The van der Waals surface area contributed by atoms with Crippen molar-refractivity contribution in [2.75, 3.05) is 33.5 Å². The average molecular weight is 1020 g/mol. The van der Waals surface area contributed by atoms with Crippen LogP contribution in [0.15, 0.2) is 118 Å². The van der Waals surface area contributed by atoms with Gasteiger partial charge in [0.05, 0.1) is 53.4 Å². The van der Waals surface area contributed by atoms with E-state index in [0.29, 0.717) is 18.1 Å². The standard InChI is InChI=1S/C38H33N9O19S3/c1-62-20-3-6-25(31(14-20)69(59,60)61)41-42-26-16-29(64-11-9-49)27(17-28(26)63-10-8-48)43-44-32-30(67-66-65-55)13-18-12-19(2-5-22(18)35(32)50)47-37(52)34(33(46-47)36(39)51)45-40-24-7-4-21(68(56,57)58)15-23(24)38(53)54/h2-7,12-17,48-50,52,55H,8-11H2,1H3,(H2,39,51)(H,53,54)(H,56,57,58)(H,59,60,61). The van der Waals surface area contributed by atoms with Crippen LogP contribution in [0.4, 0.5) is 34.1 Å². The van der Waals surface area contributed by atoms with Crippen LogP contribution in [0.2, 0.25) is 0 Å². The Morgan fingerprint density at radius 3 is 1.94 bits per heavy atom. The highest BCUT2D eigenvalue weighted by atomic mass is 32.2. The first-order valence-corrected chi connectivity index (χ1v) is 22.4. The van der Waals surface area contributed by atoms with Crippen LogP contribution in [-0.4, -0.2) is 112 Å². The summed E-state index contributed by atoms with van der Waals surface area (Å²) in [5.74, 6) is -4.45. The first kappa shape index (κ1) is 50.7. The second kappa shape index (κ2) is 21.5. The molecule has 28 nitrogen and oxygen atoms in total. The Bertz CT molecular complexity index is 3290. The van der Waals surface area contributed by atoms with Crippen molar-refractivity contribution in [3.8, 4) is 34.6 Å². The van der Waals surface area contributed by atoms with Gasteiger partial charge in [-0.1, -0.05) is 5.04 Å². The van der Waals surface area contributed by atoms with Crippen molar-refractivity contribution in [1.29, 1.82) is 0 Å². The Labute approximate surface area is 390 Å². The van der Waals surface area contributed by atoms with Gasteiger partial charge in [-0.05, 0) is 60.0 Å². The summed E-state index contributed by atoms with van der Waals surface area (Å²) in [5.41, 5.74) is 2.13. The van der Waals surface area contributed by atoms with Gasteiger partial charge in [0.15, 0.2) is 17.1 Å². The molecule has 0 fully saturated rings. The molecule has 362 valence electrons. The minimum absolute atomic E-state index is 0.00347. The molecule has 31 heteroatoms. The quantitative estimate of drug-likeness (QED) is 0.0128. The van der Waals surface area contributed by atoms with Crippen molar-refractivity contribution < 1.29 is 89.9 Å². The van der Waals surface area contributed by atoms with Gasteiger partial charge >= 0.3 is 5.97 Å². The molecule has 10 N–H and O–H groups in total. The number of amides is 1. The number of rotatable bonds is 21. The van der Waals surface area contributed by atoms with Crippen LogP contribution >= 0.6 is 12.0 Å². The third-order valence-corrected chi connectivity index (χ3v) is 11.3. The number of fused-ring (bicyclic) bond motifs is 1. The van der Waals surface area contributed by atoms with Crippen LogP contribution in [0, 0.1) is 0 Å². The topological polar surface area (TPSA) is 428 Å². The van der Waals surface area contributed by atoms with Crippen LogP contribution in [-0.2, 0) is 29.6 Å². The maximum Gasteiger partial charge on any atom is 0.338 e. The molecular weight excluding hydrogens is 983 g/mol. The van der Waals surface area contributed by atoms with Crippen molar-refractivity contribution in [3.63, 3.8) is 0 Å². The maximum absolute atomic E-state index is 12.4. The van der Waals surface area contributed by atoms with Crippen molar-refractivity contribution in [3.05, 3.63) is 84.1 Å². The van der Waals surface area contributed by atoms with Crippen LogP contribution in [0.25, 0.3) is 16.5 Å². The highest BCUT2D eigenvalue weighted by molar-refractivity contribution is 7.94. The van der Waals surface area contributed by atoms with Gasteiger partial charge in [0.1, 0.15) is 63.8 Å². The summed E-state index contributed by atoms with van der Waals surface area (Å²) in [6.07, 6.45) is 0. The summed E-state index contributed by atoms with van der Waals surface area (Å²) in [6, 6.07) is 13.7. The Morgan fingerprint density at radius 1 is 0.754 bits per heavy atom. The van der Waals surface area contributed by atoms with Crippen LogP contribution < -0.4 is 19.9 Å². The van der Waals surface area contributed by atoms with E-state index >= 15 is 0 Å². The lowest BCUT2D eigenvalue weighted by molar-refractivity contribution is -0.432. The number of carboxylic acids is 1. The highest BCUT2D eigenvalue weighted by Gasteiger charge is 2.25. The molecule has 0 aliphatic carbocycles. The molecule has 1 heterocycles. The molecule has 0 radical (unpaired) electrons. The summed E-state index contributed by atoms with van der Waals surface area (Å²) < 4.78 is 88.3. The van der Waals surface area contributed by atoms with Crippen LogP contribution in [0.3, 0.4) is 0 Å². The lowest BCUT2D eigenvalue weighted by atomic mass is 10.1. The van der Waals surface area contributed by atoms with Gasteiger partial charge in [-0.3, -0.25) is 13.9 Å². The number of ether oxygens (including phenoxy) is 3. The Balaban J connectivity index is 1.42. The first-order valence-electron chi connectivity index (χ1n) is 18.8. The van der Waals surface area contributed by atoms with E-state index in [-0.39, 0.29) is 74.6 Å². The maximum atomic E-state index is 12.4. The molecule has 0 aliphatic heterocycles. The number of carbonyl (C=O) groups is 2. The fourth-order valence-corrected chi connectivity index (χ4v) is 7.56. The second-order valence-electron chi connectivity index (χ2n) is 13.3. The number of aromatic carboxylic acids is 1. The molecule has 0 bridgehead atoms. The van der Waals surface area contributed by atoms with E-state index < -0.39 is 89.4 Å². The number of aliphatic hydroxyl groups is 2. The smallest absolute Gasteiger partial charge is 0.338 e. The first-order chi connectivity index (χ1) is 32.8. The van der Waals surface area contributed by atoms with Gasteiger partial charge in [0.2, 0.25) is 5.88 Å². The summed E-state index contributed by atoms with van der Waals surface area (Å²) in [7, 11) is -8.35. The molecule has 6 rings (SSSR count). The van der Waals surface area contributed by atoms with Gasteiger partial charge < -0.3 is 45.5 Å². The van der Waals surface area contributed by atoms with E-state index in [4.69, 9.17) is 25.2 Å². The molecule has 0 unspecified atom stereocenters. The monoisotopic (exact) mass is 1020 g/mol. The number of methoxy groups -OCH3 is 1. The summed E-state index contributed by atoms with van der Waals surface area (Å²) in [4.78, 5) is 22.8. The Kier molecular flexibility index (Phi) is 15.8. The Morgan fingerprint density at radius 2 is 1.36 bits per heavy atom. The van der Waals surface area contributed by atoms with E-state index in [1.165, 1.54) is 55.6 Å². The Hall–Kier alpha value is -7.72. The average Bonchev–Trinajstić information content (AvgIpc) is 3.65. The largest absolute Gasteiger partial charge is 0.505 e. The van der Waals surface area contributed by atoms with E-state index in [0.717, 1.165) is 22.9 Å². The molecular formula is C38H33N9O19S3. The lowest BCUT2D eigenvalue weighted by Crippen LogP contribution is -2.12. The number of benzene rings is 5. The van der Waals surface area contributed by atoms with E-state index in [1.54, 1.807) is 0 Å². The minimum Gasteiger partial charge on any atom is -0.505 e. The number of phenolic OH excluding ortho intramolecular Hbond substituents is 1. The highest BCUT2D eigenvalue weighted by Crippen LogP contribution is 2.47. The van der Waals surface area contributed by atoms with Gasteiger partial charge in [-0.2, -0.15) is 26.6 Å². The van der Waals surface area contributed by atoms with Crippen molar-refractivity contribution in [1.82, 2.24) is 9.78 Å². The molecule has 1 aromatic heterocycles. The number of nitrogens with two attached hydrogens (primary N) is 1. The van der Waals surface area contributed by atoms with Crippen molar-refractivity contribution in [2.45, 2.75) is 14.7 Å². The number of aliphatic hydroxyl groups excluding tert-OH is 2. The van der Waals surface area contributed by atoms with Gasteiger partial charge in [-0.15, -0.1) is 35.0 Å². The third-order valence-electron chi connectivity index (χ3n) is 8.96. The van der Waals surface area contributed by atoms with E-state index in [9.17, 15) is 61.1 Å². The van der Waals surface area contributed by atoms with E-state index in [1.807, 2.05) is 0 Å². The summed E-state index contributed by atoms with van der Waals surface area (Å²) in [5, 5.41) is 92.4. The fraction of sp³-hybridized carbons (Fsp3) is 0.132. The normalized spacial score (nSPS) is 12.1. The second-order valence-corrected chi connectivity index (χ2v) is 16.9. The summed E-state index contributed by atoms with van der Waals surface area (Å²) in [6.45, 7) is -1.56. The number of carbonyl (C=O) groups excluding carboxylic acids is 1. The zero-order chi connectivity index (χ0) is 50.2. The fourth-order valence-electron chi connectivity index (χ4n) is 5.92. The van der Waals surface area contributed by atoms with Crippen molar-refractivity contribution >= 4 is 89.1 Å². The third kappa shape index (κ3) is 11.7. The molecule has 0 aliphatic rings. The van der Waals surface area contributed by atoms with Gasteiger partial charge in [-0.25, -0.2) is 10.1 Å². The number of hydrogen-bond donors (Lipinski definition) is 9. The predicted molar refractivity (Wildman–Crippen MR) is 234 cm³/mol. The predicted octanol–water partition coefficient (Wildman–Crippen LogP) is 6.15. The molecule has 0 atom stereocenters. The summed E-state index contributed by atoms with van der Waals surface area (Å²) >= 11 is 0.333. The number of carboxylic acid groups (broad SMARTS) is 1. The molecule has 0 saturated heterocycles. The number of azo groups is 3. The minimum atomic E-state index is -4.82.